The van der Waals surface area contributed by atoms with Crippen molar-refractivity contribution in [1.29, 1.82) is 0 Å². The largest absolute Gasteiger partial charge is 0.294 e. The molecule has 3 rings (SSSR count). The number of carbonyl (C=O) groups excluding carboxylic acids is 1. The van der Waals surface area contributed by atoms with Gasteiger partial charge in [0.25, 0.3) is 0 Å². The third-order valence-electron chi connectivity index (χ3n) is 4.84. The van der Waals surface area contributed by atoms with Gasteiger partial charge in [-0.2, -0.15) is 0 Å². The van der Waals surface area contributed by atoms with Gasteiger partial charge < -0.3 is 0 Å². The van der Waals surface area contributed by atoms with E-state index in [0.29, 0.717) is 16.7 Å². The lowest BCUT2D eigenvalue weighted by Gasteiger charge is -2.23. The van der Waals surface area contributed by atoms with Crippen LogP contribution in [0.5, 0.6) is 0 Å². The first kappa shape index (κ1) is 19.2. The number of nitrogens with zero attached hydrogens (tertiary/aromatic N) is 1. The van der Waals surface area contributed by atoms with Gasteiger partial charge in [-0.1, -0.05) is 97.6 Å². The Hall–Kier alpha value is -3.53. The second kappa shape index (κ2) is 8.91. The molecule has 0 aromatic heterocycles. The molecule has 140 valence electrons. The van der Waals surface area contributed by atoms with E-state index >= 15 is 0 Å². The lowest BCUT2D eigenvalue weighted by Crippen LogP contribution is -2.30. The topological polar surface area (TPSA) is 60.2 Å². The van der Waals surface area contributed by atoms with Gasteiger partial charge in [-0.15, -0.1) is 0 Å². The summed E-state index contributed by atoms with van der Waals surface area (Å²) in [4.78, 5) is 24.6. The minimum Gasteiger partial charge on any atom is -0.294 e. The van der Waals surface area contributed by atoms with Gasteiger partial charge >= 0.3 is 0 Å². The van der Waals surface area contributed by atoms with E-state index in [-0.39, 0.29) is 17.1 Å². The van der Waals surface area contributed by atoms with Gasteiger partial charge in [0.15, 0.2) is 5.78 Å². The van der Waals surface area contributed by atoms with E-state index in [0.717, 1.165) is 5.56 Å². The second-order valence-corrected chi connectivity index (χ2v) is 6.63. The molecule has 0 saturated carbocycles. The van der Waals surface area contributed by atoms with Crippen LogP contribution in [-0.4, -0.2) is 16.7 Å². The van der Waals surface area contributed by atoms with Crippen molar-refractivity contribution in [1.82, 2.24) is 0 Å². The Morgan fingerprint density at radius 3 is 1.79 bits per heavy atom. The number of hydrogen-bond donors (Lipinski definition) is 0. The summed E-state index contributed by atoms with van der Waals surface area (Å²) in [5.41, 5.74) is 2.42. The van der Waals surface area contributed by atoms with Crippen LogP contribution in [0.2, 0.25) is 0 Å². The number of nitro groups is 1. The van der Waals surface area contributed by atoms with Crippen LogP contribution in [0.4, 0.5) is 0 Å². The number of ketones is 1. The summed E-state index contributed by atoms with van der Waals surface area (Å²) in [5, 5.41) is 12.1. The molecular weight excluding hydrogens is 350 g/mol. The predicted molar refractivity (Wildman–Crippen MR) is 111 cm³/mol. The van der Waals surface area contributed by atoms with Crippen LogP contribution in [0.15, 0.2) is 97.6 Å². The number of Topliss-reactive ketones (excluding diaryl/α,β-unsaturated/α-hetero) is 1. The highest BCUT2D eigenvalue weighted by Crippen LogP contribution is 2.34. The smallest absolute Gasteiger partial charge is 0.245 e. The number of carbonyl (C=O) groups is 1. The highest BCUT2D eigenvalue weighted by Gasteiger charge is 2.37. The molecule has 0 amide bonds. The minimum absolute atomic E-state index is 0.0333. The lowest BCUT2D eigenvalue weighted by molar-refractivity contribution is -0.509. The van der Waals surface area contributed by atoms with Crippen LogP contribution in [-0.2, 0) is 0 Å². The van der Waals surface area contributed by atoms with Crippen LogP contribution in [0.25, 0.3) is 5.57 Å². The summed E-state index contributed by atoms with van der Waals surface area (Å²) in [5.74, 6) is -0.737. The molecule has 0 aliphatic heterocycles. The van der Waals surface area contributed by atoms with Gasteiger partial charge in [-0.25, -0.2) is 0 Å². The fraction of sp³-hybridized carbons (Fsp3) is 0.125. The molecule has 4 heteroatoms. The summed E-state index contributed by atoms with van der Waals surface area (Å²) in [7, 11) is 0. The van der Waals surface area contributed by atoms with E-state index in [1.807, 2.05) is 54.6 Å². The molecule has 0 heterocycles. The monoisotopic (exact) mass is 371 g/mol. The predicted octanol–water partition coefficient (Wildman–Crippen LogP) is 5.40. The molecule has 2 atom stereocenters. The van der Waals surface area contributed by atoms with Gasteiger partial charge in [0, 0.05) is 22.5 Å². The lowest BCUT2D eigenvalue weighted by atomic mass is 9.81. The molecule has 0 aliphatic rings. The molecule has 3 aromatic carbocycles. The van der Waals surface area contributed by atoms with Gasteiger partial charge in [0.2, 0.25) is 6.04 Å². The zero-order valence-electron chi connectivity index (χ0n) is 15.4. The Morgan fingerprint density at radius 1 is 0.821 bits per heavy atom. The molecule has 4 nitrogen and oxygen atoms in total. The molecule has 0 spiro atoms. The van der Waals surface area contributed by atoms with E-state index in [1.165, 1.54) is 0 Å². The van der Waals surface area contributed by atoms with Crippen LogP contribution in [0.3, 0.4) is 0 Å². The Balaban J connectivity index is 2.00. The second-order valence-electron chi connectivity index (χ2n) is 6.63. The number of rotatable bonds is 8. The van der Waals surface area contributed by atoms with Crippen LogP contribution in [0.1, 0.15) is 33.8 Å². The van der Waals surface area contributed by atoms with E-state index in [2.05, 4.69) is 6.58 Å². The molecular formula is C24H21NO3. The van der Waals surface area contributed by atoms with Gasteiger partial charge in [-0.05, 0) is 11.1 Å². The van der Waals surface area contributed by atoms with Crippen LogP contribution >= 0.6 is 0 Å². The highest BCUT2D eigenvalue weighted by molar-refractivity contribution is 5.96. The molecule has 3 aromatic rings. The molecule has 0 aliphatic carbocycles. The maximum Gasteiger partial charge on any atom is 0.245 e. The van der Waals surface area contributed by atoms with Crippen molar-refractivity contribution in [3.63, 3.8) is 0 Å². The fourth-order valence-corrected chi connectivity index (χ4v) is 3.39. The Kier molecular flexibility index (Phi) is 6.12. The average Bonchev–Trinajstić information content (AvgIpc) is 2.74. The minimum atomic E-state index is -1.10. The highest BCUT2D eigenvalue weighted by atomic mass is 16.6. The van der Waals surface area contributed by atoms with Crippen molar-refractivity contribution in [2.24, 2.45) is 0 Å². The first-order chi connectivity index (χ1) is 13.6. The Labute approximate surface area is 164 Å². The van der Waals surface area contributed by atoms with Crippen molar-refractivity contribution < 1.29 is 9.72 Å². The quantitative estimate of drug-likeness (QED) is 0.302. The van der Waals surface area contributed by atoms with Crippen molar-refractivity contribution in [2.75, 3.05) is 0 Å². The maximum atomic E-state index is 12.9. The Morgan fingerprint density at radius 2 is 1.29 bits per heavy atom. The van der Waals surface area contributed by atoms with Crippen molar-refractivity contribution in [3.05, 3.63) is 124 Å². The molecule has 0 fully saturated rings. The van der Waals surface area contributed by atoms with Crippen LogP contribution < -0.4 is 0 Å². The van der Waals surface area contributed by atoms with Gasteiger partial charge in [-0.3, -0.25) is 14.9 Å². The van der Waals surface area contributed by atoms with E-state index in [4.69, 9.17) is 0 Å². The van der Waals surface area contributed by atoms with Gasteiger partial charge in [0.05, 0.1) is 5.92 Å². The van der Waals surface area contributed by atoms with E-state index in [9.17, 15) is 14.9 Å². The SMILES string of the molecule is C=C(c1ccccc1)[C@@H]([C@H](CC(=O)c1ccccc1)c1ccccc1)[N+](=O)[O-]. The summed E-state index contributed by atoms with van der Waals surface area (Å²) in [6, 6.07) is 26.1. The van der Waals surface area contributed by atoms with E-state index < -0.39 is 12.0 Å². The number of benzene rings is 3. The summed E-state index contributed by atoms with van der Waals surface area (Å²) < 4.78 is 0. The molecule has 0 unspecified atom stereocenters. The van der Waals surface area contributed by atoms with Gasteiger partial charge in [0.1, 0.15) is 0 Å². The van der Waals surface area contributed by atoms with E-state index in [1.54, 1.807) is 36.4 Å². The van der Waals surface area contributed by atoms with Crippen molar-refractivity contribution >= 4 is 11.4 Å². The molecule has 0 radical (unpaired) electrons. The first-order valence-electron chi connectivity index (χ1n) is 9.09. The fourth-order valence-electron chi connectivity index (χ4n) is 3.39. The van der Waals surface area contributed by atoms with Crippen molar-refractivity contribution in [3.8, 4) is 0 Å². The maximum absolute atomic E-state index is 12.9. The Bertz CT molecular complexity index is 953. The van der Waals surface area contributed by atoms with Crippen molar-refractivity contribution in [2.45, 2.75) is 18.4 Å². The number of hydrogen-bond acceptors (Lipinski definition) is 3. The standard InChI is InChI=1S/C24H21NO3/c1-18(19-11-5-2-6-12-19)24(25(27)28)22(20-13-7-3-8-14-20)17-23(26)21-15-9-4-10-16-21/h2-16,22,24H,1,17H2/t22-,24+/m1/s1. The average molecular weight is 371 g/mol. The summed E-state index contributed by atoms with van der Waals surface area (Å²) in [6.07, 6.45) is 0.0333. The third kappa shape index (κ3) is 4.41. The molecule has 0 bridgehead atoms. The first-order valence-corrected chi connectivity index (χ1v) is 9.09. The molecule has 0 N–H and O–H groups in total. The van der Waals surface area contributed by atoms with Crippen LogP contribution in [0, 0.1) is 10.1 Å². The zero-order chi connectivity index (χ0) is 19.9. The third-order valence-corrected chi connectivity index (χ3v) is 4.84. The summed E-state index contributed by atoms with van der Waals surface area (Å²) >= 11 is 0. The molecule has 28 heavy (non-hydrogen) atoms. The summed E-state index contributed by atoms with van der Waals surface area (Å²) in [6.45, 7) is 4.02. The normalized spacial score (nSPS) is 12.7. The zero-order valence-corrected chi connectivity index (χ0v) is 15.4. The molecule has 0 saturated heterocycles.